The number of hydrogen-bond donors (Lipinski definition) is 1. The fraction of sp³-hybridized carbons (Fsp3) is 0.556. The van der Waals surface area contributed by atoms with Crippen molar-refractivity contribution >= 4 is 34.5 Å². The van der Waals surface area contributed by atoms with Gasteiger partial charge in [-0.3, -0.25) is 0 Å². The van der Waals surface area contributed by atoms with Crippen LogP contribution in [0.5, 0.6) is 0 Å². The van der Waals surface area contributed by atoms with Crippen LogP contribution < -0.4 is 0 Å². The standard InChI is InChI=1S/C18H25IO4/c1-4-5-11-23-18(22)14-9-10-15(19)13(16(14)17(20)21)8-6-7-12(2)3/h9-10,12H,4-8,11H2,1-3H3,(H,20,21). The van der Waals surface area contributed by atoms with E-state index in [1.165, 1.54) is 0 Å². The number of hydrogen-bond acceptors (Lipinski definition) is 3. The third kappa shape index (κ3) is 6.12. The Balaban J connectivity index is 3.06. The number of carboxylic acids is 1. The van der Waals surface area contributed by atoms with Gasteiger partial charge < -0.3 is 9.84 Å². The van der Waals surface area contributed by atoms with Gasteiger partial charge in [0.1, 0.15) is 0 Å². The van der Waals surface area contributed by atoms with Crippen molar-refractivity contribution in [2.45, 2.75) is 52.9 Å². The van der Waals surface area contributed by atoms with Crippen molar-refractivity contribution in [3.8, 4) is 0 Å². The van der Waals surface area contributed by atoms with Crippen LogP contribution in [0.15, 0.2) is 12.1 Å². The van der Waals surface area contributed by atoms with E-state index in [1.54, 1.807) is 12.1 Å². The zero-order chi connectivity index (χ0) is 17.4. The van der Waals surface area contributed by atoms with Crippen LogP contribution in [0.25, 0.3) is 0 Å². The molecular formula is C18H25IO4. The van der Waals surface area contributed by atoms with E-state index in [0.717, 1.165) is 34.8 Å². The highest BCUT2D eigenvalue weighted by molar-refractivity contribution is 14.1. The molecule has 0 saturated heterocycles. The van der Waals surface area contributed by atoms with E-state index in [1.807, 2.05) is 6.92 Å². The Hall–Kier alpha value is -1.11. The fourth-order valence-electron chi connectivity index (χ4n) is 2.36. The Morgan fingerprint density at radius 1 is 1.26 bits per heavy atom. The highest BCUT2D eigenvalue weighted by atomic mass is 127. The maximum absolute atomic E-state index is 12.2. The van der Waals surface area contributed by atoms with Crippen molar-refractivity contribution in [3.63, 3.8) is 0 Å². The molecule has 128 valence electrons. The van der Waals surface area contributed by atoms with Crippen molar-refractivity contribution in [1.29, 1.82) is 0 Å². The van der Waals surface area contributed by atoms with E-state index in [9.17, 15) is 14.7 Å². The topological polar surface area (TPSA) is 63.6 Å². The lowest BCUT2D eigenvalue weighted by atomic mass is 9.95. The number of halogens is 1. The molecule has 0 bridgehead atoms. The van der Waals surface area contributed by atoms with E-state index in [2.05, 4.69) is 36.4 Å². The first kappa shape index (κ1) is 19.9. The van der Waals surface area contributed by atoms with E-state index in [-0.39, 0.29) is 11.1 Å². The Labute approximate surface area is 151 Å². The molecule has 0 fully saturated rings. The van der Waals surface area contributed by atoms with Crippen LogP contribution in [0, 0.1) is 9.49 Å². The summed E-state index contributed by atoms with van der Waals surface area (Å²) in [5.74, 6) is -1.04. The van der Waals surface area contributed by atoms with Crippen molar-refractivity contribution in [1.82, 2.24) is 0 Å². The lowest BCUT2D eigenvalue weighted by Gasteiger charge is -2.14. The molecule has 0 amide bonds. The summed E-state index contributed by atoms with van der Waals surface area (Å²) >= 11 is 2.14. The van der Waals surface area contributed by atoms with Crippen molar-refractivity contribution in [2.24, 2.45) is 5.92 Å². The molecule has 23 heavy (non-hydrogen) atoms. The number of rotatable bonds is 9. The van der Waals surface area contributed by atoms with Gasteiger partial charge in [-0.1, -0.05) is 33.6 Å². The number of unbranched alkanes of at least 4 members (excludes halogenated alkanes) is 1. The zero-order valence-corrected chi connectivity index (χ0v) is 16.2. The van der Waals surface area contributed by atoms with Crippen LogP contribution in [0.2, 0.25) is 0 Å². The minimum absolute atomic E-state index is 0.0992. The SMILES string of the molecule is CCCCOC(=O)c1ccc(I)c(CCCC(C)C)c1C(=O)O. The number of carbonyl (C=O) groups excluding carboxylic acids is 1. The van der Waals surface area contributed by atoms with Crippen LogP contribution in [-0.4, -0.2) is 23.7 Å². The number of aromatic carboxylic acids is 1. The fourth-order valence-corrected chi connectivity index (χ4v) is 3.07. The molecule has 1 N–H and O–H groups in total. The van der Waals surface area contributed by atoms with Gasteiger partial charge in [0.25, 0.3) is 0 Å². The molecule has 0 heterocycles. The molecule has 0 aliphatic heterocycles. The van der Waals surface area contributed by atoms with Gasteiger partial charge in [-0.15, -0.1) is 0 Å². The lowest BCUT2D eigenvalue weighted by molar-refractivity contribution is 0.0489. The third-order valence-electron chi connectivity index (χ3n) is 3.63. The molecule has 0 unspecified atom stereocenters. The molecule has 0 saturated carbocycles. The lowest BCUT2D eigenvalue weighted by Crippen LogP contribution is -2.16. The molecule has 0 atom stereocenters. The molecule has 0 aliphatic rings. The molecule has 0 spiro atoms. The molecule has 1 aromatic rings. The average Bonchev–Trinajstić information content (AvgIpc) is 2.48. The van der Waals surface area contributed by atoms with Gasteiger partial charge in [0.05, 0.1) is 17.7 Å². The van der Waals surface area contributed by atoms with E-state index >= 15 is 0 Å². The summed E-state index contributed by atoms with van der Waals surface area (Å²) < 4.78 is 6.08. The summed E-state index contributed by atoms with van der Waals surface area (Å²) in [4.78, 5) is 23.9. The van der Waals surface area contributed by atoms with E-state index in [4.69, 9.17) is 4.74 Å². The van der Waals surface area contributed by atoms with Gasteiger partial charge in [-0.05, 0) is 65.5 Å². The van der Waals surface area contributed by atoms with Crippen LogP contribution in [0.3, 0.4) is 0 Å². The predicted molar refractivity (Wildman–Crippen MR) is 99.1 cm³/mol. The molecule has 1 rings (SSSR count). The normalized spacial score (nSPS) is 10.8. The third-order valence-corrected chi connectivity index (χ3v) is 4.64. The zero-order valence-electron chi connectivity index (χ0n) is 14.0. The second-order valence-electron chi connectivity index (χ2n) is 6.03. The maximum Gasteiger partial charge on any atom is 0.339 e. The first-order valence-corrected chi connectivity index (χ1v) is 9.18. The first-order chi connectivity index (χ1) is 10.9. The van der Waals surface area contributed by atoms with Crippen molar-refractivity contribution < 1.29 is 19.4 Å². The summed E-state index contributed by atoms with van der Waals surface area (Å²) in [5, 5.41) is 9.59. The van der Waals surface area contributed by atoms with Crippen LogP contribution in [-0.2, 0) is 11.2 Å². The summed E-state index contributed by atoms with van der Waals surface area (Å²) in [5.41, 5.74) is 0.999. The minimum atomic E-state index is -1.06. The second kappa shape index (κ2) is 9.90. The second-order valence-corrected chi connectivity index (χ2v) is 7.19. The van der Waals surface area contributed by atoms with E-state index in [0.29, 0.717) is 18.9 Å². The summed E-state index contributed by atoms with van der Waals surface area (Å²) in [6.45, 7) is 6.62. The van der Waals surface area contributed by atoms with Gasteiger partial charge in [-0.25, -0.2) is 9.59 Å². The summed E-state index contributed by atoms with van der Waals surface area (Å²) in [6, 6.07) is 3.36. The molecule has 0 radical (unpaired) electrons. The van der Waals surface area contributed by atoms with Crippen LogP contribution in [0.4, 0.5) is 0 Å². The number of carboxylic acid groups (broad SMARTS) is 1. The van der Waals surface area contributed by atoms with Crippen molar-refractivity contribution in [2.75, 3.05) is 6.61 Å². The number of benzene rings is 1. The van der Waals surface area contributed by atoms with Gasteiger partial charge in [0, 0.05) is 3.57 Å². The monoisotopic (exact) mass is 432 g/mol. The number of carbonyl (C=O) groups is 2. The van der Waals surface area contributed by atoms with Gasteiger partial charge in [0.15, 0.2) is 0 Å². The smallest absolute Gasteiger partial charge is 0.339 e. The van der Waals surface area contributed by atoms with Crippen LogP contribution in [0.1, 0.15) is 72.7 Å². The van der Waals surface area contributed by atoms with Gasteiger partial charge in [-0.2, -0.15) is 0 Å². The van der Waals surface area contributed by atoms with Gasteiger partial charge >= 0.3 is 11.9 Å². The van der Waals surface area contributed by atoms with E-state index < -0.39 is 11.9 Å². The molecule has 5 heteroatoms. The minimum Gasteiger partial charge on any atom is -0.478 e. The molecule has 4 nitrogen and oxygen atoms in total. The first-order valence-electron chi connectivity index (χ1n) is 8.10. The predicted octanol–water partition coefficient (Wildman–Crippen LogP) is 4.93. The molecule has 0 aliphatic carbocycles. The number of esters is 1. The molecule has 1 aromatic carbocycles. The van der Waals surface area contributed by atoms with Crippen LogP contribution >= 0.6 is 22.6 Å². The van der Waals surface area contributed by atoms with Crippen molar-refractivity contribution in [3.05, 3.63) is 32.4 Å². The molecular weight excluding hydrogens is 407 g/mol. The Bertz CT molecular complexity index is 552. The maximum atomic E-state index is 12.2. The van der Waals surface area contributed by atoms with Gasteiger partial charge in [0.2, 0.25) is 0 Å². The molecule has 0 aromatic heterocycles. The quantitative estimate of drug-likeness (QED) is 0.342. The largest absolute Gasteiger partial charge is 0.478 e. The Kier molecular flexibility index (Phi) is 8.58. The highest BCUT2D eigenvalue weighted by Gasteiger charge is 2.23. The Morgan fingerprint density at radius 3 is 2.52 bits per heavy atom. The Morgan fingerprint density at radius 2 is 1.96 bits per heavy atom. The summed E-state index contributed by atoms with van der Waals surface area (Å²) in [7, 11) is 0. The summed E-state index contributed by atoms with van der Waals surface area (Å²) in [6.07, 6.45) is 4.29. The highest BCUT2D eigenvalue weighted by Crippen LogP contribution is 2.25. The number of ether oxygens (including phenoxy) is 1. The average molecular weight is 432 g/mol.